The summed E-state index contributed by atoms with van der Waals surface area (Å²) >= 11 is 0. The smallest absolute Gasteiger partial charge is 0.748 e. The van der Waals surface area contributed by atoms with Crippen LogP contribution in [0.25, 0.3) is 0 Å². The molecule has 0 aromatic heterocycles. The summed E-state index contributed by atoms with van der Waals surface area (Å²) in [7, 11) is -4.09. The van der Waals surface area contributed by atoms with Gasteiger partial charge in [0.15, 0.2) is 0 Å². The molecule has 0 aromatic carbocycles. The first-order valence-corrected chi connectivity index (χ1v) is 4.01. The van der Waals surface area contributed by atoms with Crippen molar-refractivity contribution in [2.75, 3.05) is 0 Å². The topological polar surface area (TPSA) is 57.2 Å². The van der Waals surface area contributed by atoms with Crippen molar-refractivity contribution in [2.45, 2.75) is 18.6 Å². The fourth-order valence-electron chi connectivity index (χ4n) is 0.353. The van der Waals surface area contributed by atoms with Crippen LogP contribution in [0.3, 0.4) is 0 Å². The maximum Gasteiger partial charge on any atom is 1.00 e. The third-order valence-electron chi connectivity index (χ3n) is 0.991. The molecule has 10 heavy (non-hydrogen) atoms. The Morgan fingerprint density at radius 3 is 2.20 bits per heavy atom. The van der Waals surface area contributed by atoms with Crippen molar-refractivity contribution < 1.29 is 42.5 Å². The van der Waals surface area contributed by atoms with E-state index in [1.165, 1.54) is 13.0 Å². The third kappa shape index (κ3) is 5.44. The van der Waals surface area contributed by atoms with Crippen LogP contribution in [-0.2, 0) is 10.1 Å². The van der Waals surface area contributed by atoms with Gasteiger partial charge in [-0.05, 0) is 13.3 Å². The van der Waals surface area contributed by atoms with Crippen LogP contribution in [0.1, 0.15) is 13.3 Å². The van der Waals surface area contributed by atoms with E-state index in [-0.39, 0.29) is 36.0 Å². The van der Waals surface area contributed by atoms with Gasteiger partial charge >= 0.3 is 29.6 Å². The molecule has 0 saturated heterocycles. The van der Waals surface area contributed by atoms with Crippen molar-refractivity contribution >= 4 is 10.1 Å². The first kappa shape index (κ1) is 13.3. The number of hydrogen-bond donors (Lipinski definition) is 0. The molecule has 54 valence electrons. The van der Waals surface area contributed by atoms with E-state index in [1.54, 1.807) is 0 Å². The van der Waals surface area contributed by atoms with Gasteiger partial charge in [-0.3, -0.25) is 0 Å². The monoisotopic (exact) mass is 172 g/mol. The van der Waals surface area contributed by atoms with E-state index in [0.717, 1.165) is 0 Å². The van der Waals surface area contributed by atoms with E-state index in [1.807, 2.05) is 0 Å². The Kier molecular flexibility index (Phi) is 7.05. The molecule has 0 rings (SSSR count). The minimum absolute atomic E-state index is 0. The number of allylic oxidation sites excluding steroid dienone is 1. The van der Waals surface area contributed by atoms with Gasteiger partial charge in [-0.1, -0.05) is 6.08 Å². The molecule has 0 aliphatic carbocycles. The zero-order chi connectivity index (χ0) is 7.49. The van der Waals surface area contributed by atoms with Gasteiger partial charge in [0, 0.05) is 0 Å². The molecular weight excluding hydrogens is 163 g/mol. The molecule has 5 heteroatoms. The second-order valence-electron chi connectivity index (χ2n) is 1.83. The van der Waals surface area contributed by atoms with Crippen LogP contribution in [0, 0.1) is 0 Å². The van der Waals surface area contributed by atoms with Crippen molar-refractivity contribution in [3.05, 3.63) is 12.7 Å². The summed E-state index contributed by atoms with van der Waals surface area (Å²) in [5.74, 6) is 0. The maximum atomic E-state index is 10.1. The van der Waals surface area contributed by atoms with Crippen molar-refractivity contribution in [2.24, 2.45) is 0 Å². The van der Waals surface area contributed by atoms with E-state index in [0.29, 0.717) is 0 Å². The van der Waals surface area contributed by atoms with Crippen LogP contribution >= 0.6 is 0 Å². The van der Waals surface area contributed by atoms with Crippen molar-refractivity contribution in [1.82, 2.24) is 0 Å². The van der Waals surface area contributed by atoms with Crippen molar-refractivity contribution in [3.8, 4) is 0 Å². The van der Waals surface area contributed by atoms with Gasteiger partial charge in [0.1, 0.15) is 0 Å². The fraction of sp³-hybridized carbons (Fsp3) is 0.600. The molecular formula is C5H9NaO3S. The summed E-state index contributed by atoms with van der Waals surface area (Å²) < 4.78 is 30.4. The minimum Gasteiger partial charge on any atom is -0.748 e. The Morgan fingerprint density at radius 2 is 2.10 bits per heavy atom. The maximum absolute atomic E-state index is 10.1. The Bertz CT molecular complexity index is 185. The molecule has 3 nitrogen and oxygen atoms in total. The van der Waals surface area contributed by atoms with Gasteiger partial charge in [0.25, 0.3) is 0 Å². The molecule has 0 saturated carbocycles. The molecule has 0 heterocycles. The predicted octanol–water partition coefficient (Wildman–Crippen LogP) is -2.50. The van der Waals surface area contributed by atoms with E-state index in [4.69, 9.17) is 0 Å². The van der Waals surface area contributed by atoms with Gasteiger partial charge in [-0.2, -0.15) is 0 Å². The summed E-state index contributed by atoms with van der Waals surface area (Å²) in [6.07, 6.45) is 1.64. The van der Waals surface area contributed by atoms with Crippen LogP contribution in [0.15, 0.2) is 12.7 Å². The molecule has 0 N–H and O–H groups in total. The summed E-state index contributed by atoms with van der Waals surface area (Å²) in [6.45, 7) is 4.68. The zero-order valence-electron chi connectivity index (χ0n) is 6.20. The van der Waals surface area contributed by atoms with Gasteiger partial charge in [0.05, 0.1) is 15.4 Å². The largest absolute Gasteiger partial charge is 1.00 e. The van der Waals surface area contributed by atoms with Gasteiger partial charge in [0.2, 0.25) is 0 Å². The molecule has 0 fully saturated rings. The van der Waals surface area contributed by atoms with Gasteiger partial charge in [-0.25, -0.2) is 8.42 Å². The summed E-state index contributed by atoms with van der Waals surface area (Å²) in [4.78, 5) is 0. The Balaban J connectivity index is 0. The summed E-state index contributed by atoms with van der Waals surface area (Å²) in [6, 6.07) is 0. The minimum atomic E-state index is -4.09. The van der Waals surface area contributed by atoms with Crippen LogP contribution in [0.5, 0.6) is 0 Å². The van der Waals surface area contributed by atoms with Crippen molar-refractivity contribution in [1.29, 1.82) is 0 Å². The van der Waals surface area contributed by atoms with Gasteiger partial charge < -0.3 is 4.55 Å². The molecule has 0 aromatic rings. The molecule has 0 spiro atoms. The second-order valence-corrected chi connectivity index (χ2v) is 3.62. The summed E-state index contributed by atoms with van der Waals surface area (Å²) in [5, 5.41) is -0.838. The van der Waals surface area contributed by atoms with Crippen LogP contribution in [0.2, 0.25) is 0 Å². The molecule has 0 bridgehead atoms. The number of hydrogen-bond acceptors (Lipinski definition) is 3. The molecule has 1 unspecified atom stereocenters. The molecule has 0 amide bonds. The van der Waals surface area contributed by atoms with Gasteiger partial charge in [-0.15, -0.1) is 6.58 Å². The van der Waals surface area contributed by atoms with Crippen LogP contribution in [0.4, 0.5) is 0 Å². The van der Waals surface area contributed by atoms with E-state index < -0.39 is 15.4 Å². The zero-order valence-corrected chi connectivity index (χ0v) is 9.02. The first-order chi connectivity index (χ1) is 3.98. The normalized spacial score (nSPS) is 13.4. The van der Waals surface area contributed by atoms with Crippen molar-refractivity contribution in [3.63, 3.8) is 0 Å². The van der Waals surface area contributed by atoms with E-state index in [9.17, 15) is 13.0 Å². The average molecular weight is 172 g/mol. The van der Waals surface area contributed by atoms with E-state index >= 15 is 0 Å². The standard InChI is InChI=1S/C5H10O3S.Na/c1-3-4-5(2)9(6,7)8;/h3,5H,1,4H2,2H3,(H,6,7,8);/q;+1/p-1. The second kappa shape index (κ2) is 5.32. The quantitative estimate of drug-likeness (QED) is 0.268. The molecule has 0 radical (unpaired) electrons. The molecule has 1 atom stereocenters. The van der Waals surface area contributed by atoms with Crippen LogP contribution < -0.4 is 29.6 Å². The van der Waals surface area contributed by atoms with Crippen LogP contribution in [-0.4, -0.2) is 18.2 Å². The Labute approximate surface area is 83.6 Å². The first-order valence-electron chi connectivity index (χ1n) is 2.54. The SMILES string of the molecule is C=CCC(C)S(=O)(=O)[O-].[Na+]. The third-order valence-corrected chi connectivity index (χ3v) is 2.17. The Hall–Kier alpha value is 0.650. The molecule has 0 aliphatic heterocycles. The fourth-order valence-corrected chi connectivity index (χ4v) is 0.724. The average Bonchev–Trinajstić information content (AvgIpc) is 1.64. The van der Waals surface area contributed by atoms with E-state index in [2.05, 4.69) is 6.58 Å². The predicted molar refractivity (Wildman–Crippen MR) is 34.0 cm³/mol. The molecule has 0 aliphatic rings. The Morgan fingerprint density at radius 1 is 1.70 bits per heavy atom. The summed E-state index contributed by atoms with van der Waals surface area (Å²) in [5.41, 5.74) is 0. The number of rotatable bonds is 3.